The Morgan fingerprint density at radius 2 is 2.05 bits per heavy atom. The summed E-state index contributed by atoms with van der Waals surface area (Å²) in [5, 5.41) is 2.99. The highest BCUT2D eigenvalue weighted by atomic mass is 79.9. The van der Waals surface area contributed by atoms with Crippen LogP contribution in [0.2, 0.25) is 0 Å². The topological polar surface area (TPSA) is 38.3 Å². The summed E-state index contributed by atoms with van der Waals surface area (Å²) in [7, 11) is 0. The Hall–Kier alpha value is -0.870. The number of alkyl halides is 1. The van der Waals surface area contributed by atoms with Gasteiger partial charge in [-0.2, -0.15) is 0 Å². The van der Waals surface area contributed by atoms with Crippen molar-refractivity contribution in [2.75, 3.05) is 6.54 Å². The van der Waals surface area contributed by atoms with E-state index in [-0.39, 0.29) is 11.3 Å². The summed E-state index contributed by atoms with van der Waals surface area (Å²) in [4.78, 5) is 12.4. The number of carbonyl (C=O) groups excluding carboxylic acids is 1. The maximum absolute atomic E-state index is 12.1. The Morgan fingerprint density at radius 3 is 2.75 bits per heavy atom. The van der Waals surface area contributed by atoms with E-state index >= 15 is 0 Å². The third-order valence-corrected chi connectivity index (χ3v) is 3.95. The highest BCUT2D eigenvalue weighted by Crippen LogP contribution is 2.24. The molecule has 4 heteroatoms. The molecule has 110 valence electrons. The third-order valence-electron chi connectivity index (χ3n) is 3.30. The fraction of sp³-hybridized carbons (Fsp3) is 0.562. The summed E-state index contributed by atoms with van der Waals surface area (Å²) in [5.74, 6) is -0.0157. The van der Waals surface area contributed by atoms with Gasteiger partial charge in [-0.25, -0.2) is 0 Å². The van der Waals surface area contributed by atoms with Crippen LogP contribution in [0.15, 0.2) is 18.2 Å². The molecule has 1 unspecified atom stereocenters. The van der Waals surface area contributed by atoms with Gasteiger partial charge in [-0.05, 0) is 35.1 Å². The fourth-order valence-electron chi connectivity index (χ4n) is 2.36. The van der Waals surface area contributed by atoms with Crippen molar-refractivity contribution in [1.82, 2.24) is 5.32 Å². The van der Waals surface area contributed by atoms with Crippen LogP contribution >= 0.6 is 15.9 Å². The van der Waals surface area contributed by atoms with Crippen LogP contribution in [0, 0.1) is 5.41 Å². The van der Waals surface area contributed by atoms with Gasteiger partial charge in [0.15, 0.2) is 0 Å². The first-order chi connectivity index (χ1) is 9.35. The molecule has 1 N–H and O–H groups in total. The zero-order valence-electron chi connectivity index (χ0n) is 12.3. The smallest absolute Gasteiger partial charge is 0.251 e. The van der Waals surface area contributed by atoms with Gasteiger partial charge in [-0.1, -0.05) is 42.8 Å². The summed E-state index contributed by atoms with van der Waals surface area (Å²) < 4.78 is 5.36. The largest absolute Gasteiger partial charge is 0.372 e. The zero-order chi connectivity index (χ0) is 14.8. The van der Waals surface area contributed by atoms with Crippen LogP contribution in [0.1, 0.15) is 48.7 Å². The van der Waals surface area contributed by atoms with Crippen molar-refractivity contribution in [3.8, 4) is 0 Å². The molecular weight excluding hydrogens is 318 g/mol. The lowest BCUT2D eigenvalue weighted by Crippen LogP contribution is -2.31. The predicted molar refractivity (Wildman–Crippen MR) is 84.1 cm³/mol. The second-order valence-corrected chi connectivity index (χ2v) is 7.84. The molecule has 0 aromatic heterocycles. The van der Waals surface area contributed by atoms with Crippen LogP contribution in [0.3, 0.4) is 0 Å². The minimum absolute atomic E-state index is 0.0157. The average Bonchev–Trinajstić information content (AvgIpc) is 2.80. The lowest BCUT2D eigenvalue weighted by atomic mass is 9.90. The number of carbonyl (C=O) groups is 1. The summed E-state index contributed by atoms with van der Waals surface area (Å²) in [6.45, 7) is 8.51. The van der Waals surface area contributed by atoms with E-state index in [0.717, 1.165) is 12.0 Å². The number of ether oxygens (including phenoxy) is 1. The first-order valence-electron chi connectivity index (χ1n) is 6.97. The quantitative estimate of drug-likeness (QED) is 0.850. The van der Waals surface area contributed by atoms with Crippen LogP contribution in [-0.2, 0) is 18.0 Å². The van der Waals surface area contributed by atoms with Crippen molar-refractivity contribution < 1.29 is 9.53 Å². The summed E-state index contributed by atoms with van der Waals surface area (Å²) in [6.07, 6.45) is 1.02. The van der Waals surface area contributed by atoms with Crippen molar-refractivity contribution in [1.29, 1.82) is 0 Å². The molecule has 0 radical (unpaired) electrons. The van der Waals surface area contributed by atoms with Gasteiger partial charge in [-0.15, -0.1) is 0 Å². The van der Waals surface area contributed by atoms with Gasteiger partial charge in [0.05, 0.1) is 13.2 Å². The molecule has 0 fully saturated rings. The molecular formula is C16H22BrNO2. The molecule has 0 spiro atoms. The van der Waals surface area contributed by atoms with E-state index in [2.05, 4.69) is 42.0 Å². The molecule has 1 amide bonds. The highest BCUT2D eigenvalue weighted by Gasteiger charge is 2.18. The van der Waals surface area contributed by atoms with Gasteiger partial charge in [0.1, 0.15) is 0 Å². The monoisotopic (exact) mass is 339 g/mol. The molecule has 0 saturated heterocycles. The Bertz CT molecular complexity index is 494. The number of nitrogens with one attached hydrogen (secondary N) is 1. The average molecular weight is 340 g/mol. The van der Waals surface area contributed by atoms with Gasteiger partial charge >= 0.3 is 0 Å². The van der Waals surface area contributed by atoms with Gasteiger partial charge in [-0.3, -0.25) is 4.79 Å². The summed E-state index contributed by atoms with van der Waals surface area (Å²) in [5.41, 5.74) is 3.28. The molecule has 0 aliphatic carbocycles. The number of halogens is 1. The number of hydrogen-bond donors (Lipinski definition) is 1. The SMILES string of the molecule is CC(C)(C)CC(Br)CNC(=O)c1ccc2c(c1)COC2. The molecule has 0 bridgehead atoms. The molecule has 1 aromatic carbocycles. The third kappa shape index (κ3) is 4.32. The first-order valence-corrected chi connectivity index (χ1v) is 7.88. The van der Waals surface area contributed by atoms with Crippen LogP contribution in [-0.4, -0.2) is 17.3 Å². The molecule has 1 aromatic rings. The van der Waals surface area contributed by atoms with E-state index in [4.69, 9.17) is 4.74 Å². The van der Waals surface area contributed by atoms with Gasteiger partial charge in [0, 0.05) is 16.9 Å². The van der Waals surface area contributed by atoms with E-state index in [1.165, 1.54) is 5.56 Å². The molecule has 0 saturated carbocycles. The zero-order valence-corrected chi connectivity index (χ0v) is 13.9. The van der Waals surface area contributed by atoms with Gasteiger partial charge in [0.25, 0.3) is 5.91 Å². The second kappa shape index (κ2) is 6.27. The molecule has 1 heterocycles. The molecule has 3 nitrogen and oxygen atoms in total. The Balaban J connectivity index is 1.89. The van der Waals surface area contributed by atoms with Crippen LogP contribution in [0.25, 0.3) is 0 Å². The van der Waals surface area contributed by atoms with E-state index in [1.807, 2.05) is 18.2 Å². The molecule has 1 aliphatic rings. The number of amides is 1. The van der Waals surface area contributed by atoms with E-state index in [0.29, 0.717) is 30.1 Å². The standard InChI is InChI=1S/C16H22BrNO2/c1-16(2,3)7-14(17)8-18-15(19)11-4-5-12-9-20-10-13(12)6-11/h4-6,14H,7-10H2,1-3H3,(H,18,19). The van der Waals surface area contributed by atoms with Crippen LogP contribution < -0.4 is 5.32 Å². The maximum atomic E-state index is 12.1. The number of benzene rings is 1. The number of rotatable bonds is 4. The first kappa shape index (κ1) is 15.5. The molecule has 1 aliphatic heterocycles. The lowest BCUT2D eigenvalue weighted by Gasteiger charge is -2.22. The molecule has 2 rings (SSSR count). The van der Waals surface area contributed by atoms with Gasteiger partial charge < -0.3 is 10.1 Å². The number of fused-ring (bicyclic) bond motifs is 1. The second-order valence-electron chi connectivity index (χ2n) is 6.55. The Morgan fingerprint density at radius 1 is 1.35 bits per heavy atom. The fourth-order valence-corrected chi connectivity index (χ4v) is 3.49. The predicted octanol–water partition coefficient (Wildman–Crippen LogP) is 3.65. The van der Waals surface area contributed by atoms with Crippen molar-refractivity contribution >= 4 is 21.8 Å². The minimum Gasteiger partial charge on any atom is -0.372 e. The van der Waals surface area contributed by atoms with Crippen LogP contribution in [0.4, 0.5) is 0 Å². The summed E-state index contributed by atoms with van der Waals surface area (Å²) >= 11 is 3.63. The van der Waals surface area contributed by atoms with Crippen LogP contribution in [0.5, 0.6) is 0 Å². The molecule has 20 heavy (non-hydrogen) atoms. The summed E-state index contributed by atoms with van der Waals surface area (Å²) in [6, 6.07) is 5.79. The highest BCUT2D eigenvalue weighted by molar-refractivity contribution is 9.09. The van der Waals surface area contributed by atoms with E-state index in [1.54, 1.807) is 0 Å². The minimum atomic E-state index is -0.0157. The lowest BCUT2D eigenvalue weighted by molar-refractivity contribution is 0.0952. The van der Waals surface area contributed by atoms with Gasteiger partial charge in [0.2, 0.25) is 0 Å². The van der Waals surface area contributed by atoms with Crippen molar-refractivity contribution in [3.05, 3.63) is 34.9 Å². The van der Waals surface area contributed by atoms with E-state index < -0.39 is 0 Å². The van der Waals surface area contributed by atoms with Crippen molar-refractivity contribution in [2.45, 2.75) is 45.2 Å². The Kier molecular flexibility index (Phi) is 4.86. The van der Waals surface area contributed by atoms with Crippen molar-refractivity contribution in [2.24, 2.45) is 5.41 Å². The van der Waals surface area contributed by atoms with Crippen molar-refractivity contribution in [3.63, 3.8) is 0 Å². The maximum Gasteiger partial charge on any atom is 0.251 e. The Labute approximate surface area is 129 Å². The molecule has 1 atom stereocenters. The number of hydrogen-bond acceptors (Lipinski definition) is 2. The van der Waals surface area contributed by atoms with E-state index in [9.17, 15) is 4.79 Å². The normalized spacial score (nSPS) is 15.8.